The number of rotatable bonds is 1. The molecule has 0 bridgehead atoms. The van der Waals surface area contributed by atoms with Crippen LogP contribution in [0.5, 0.6) is 0 Å². The lowest BCUT2D eigenvalue weighted by molar-refractivity contribution is 0.159. The van der Waals surface area contributed by atoms with Crippen molar-refractivity contribution in [2.24, 2.45) is 0 Å². The van der Waals surface area contributed by atoms with Crippen LogP contribution in [-0.2, 0) is 0 Å². The molecule has 0 saturated heterocycles. The summed E-state index contributed by atoms with van der Waals surface area (Å²) < 4.78 is 33.2. The molecule has 42 valence electrons. The second kappa shape index (κ2) is 3.07. The smallest absolute Gasteiger partial charge is 0.205 e. The van der Waals surface area contributed by atoms with E-state index in [9.17, 15) is 13.2 Å². The highest BCUT2D eigenvalue weighted by molar-refractivity contribution is 9.11. The summed E-state index contributed by atoms with van der Waals surface area (Å²) in [7, 11) is 0. The summed E-state index contributed by atoms with van der Waals surface area (Å²) in [6, 6.07) is 0. The number of alkyl halides is 2. The molecule has 0 nitrogen and oxygen atoms in total. The van der Waals surface area contributed by atoms with Gasteiger partial charge >= 0.3 is 0 Å². The molecule has 0 unspecified atom stereocenters. The first-order valence-electron chi connectivity index (χ1n) is 1.42. The van der Waals surface area contributed by atoms with Gasteiger partial charge in [0.2, 0.25) is 0 Å². The molecule has 0 amide bonds. The molecule has 7 heavy (non-hydrogen) atoms. The van der Waals surface area contributed by atoms with Crippen LogP contribution < -0.4 is 0 Å². The summed E-state index contributed by atoms with van der Waals surface area (Å²) in [5.41, 5.74) is 0. The standard InChI is InChI=1S/C3H2BrF3/c4-1-2(5)3(6)7/h1,3H. The number of hydrogen-bond acceptors (Lipinski definition) is 0. The first-order chi connectivity index (χ1) is 3.18. The van der Waals surface area contributed by atoms with E-state index in [1.807, 2.05) is 0 Å². The van der Waals surface area contributed by atoms with Crippen molar-refractivity contribution in [3.05, 3.63) is 10.8 Å². The molecule has 4 heteroatoms. The Hall–Kier alpha value is 0.01000. The quantitative estimate of drug-likeness (QED) is 0.574. The van der Waals surface area contributed by atoms with Crippen LogP contribution in [0, 0.1) is 0 Å². The molecule has 0 fully saturated rings. The van der Waals surface area contributed by atoms with Crippen molar-refractivity contribution < 1.29 is 13.2 Å². The molecule has 0 aromatic heterocycles. The van der Waals surface area contributed by atoms with E-state index >= 15 is 0 Å². The van der Waals surface area contributed by atoms with Crippen LogP contribution in [-0.4, -0.2) is 6.43 Å². The van der Waals surface area contributed by atoms with Crippen molar-refractivity contribution in [3.8, 4) is 0 Å². The van der Waals surface area contributed by atoms with Crippen molar-refractivity contribution >= 4 is 15.9 Å². The Balaban J connectivity index is 3.56. The van der Waals surface area contributed by atoms with Crippen molar-refractivity contribution in [1.29, 1.82) is 0 Å². The van der Waals surface area contributed by atoms with Crippen LogP contribution in [0.3, 0.4) is 0 Å². The van der Waals surface area contributed by atoms with Gasteiger partial charge in [0, 0.05) is 4.99 Å². The molecule has 0 aliphatic rings. The van der Waals surface area contributed by atoms with Crippen LogP contribution in [0.4, 0.5) is 13.2 Å². The highest BCUT2D eigenvalue weighted by Crippen LogP contribution is 2.10. The highest BCUT2D eigenvalue weighted by atomic mass is 79.9. The molecule has 0 radical (unpaired) electrons. The Labute approximate surface area is 47.1 Å². The SMILES string of the molecule is FC(=CBr)C(F)F. The van der Waals surface area contributed by atoms with E-state index < -0.39 is 12.3 Å². The van der Waals surface area contributed by atoms with Gasteiger partial charge in [-0.1, -0.05) is 15.9 Å². The van der Waals surface area contributed by atoms with E-state index in [-0.39, 0.29) is 0 Å². The van der Waals surface area contributed by atoms with Crippen LogP contribution in [0.25, 0.3) is 0 Å². The zero-order valence-corrected chi connectivity index (χ0v) is 4.75. The summed E-state index contributed by atoms with van der Waals surface area (Å²) in [5, 5.41) is 0. The highest BCUT2D eigenvalue weighted by Gasteiger charge is 2.06. The third-order valence-corrected chi connectivity index (χ3v) is 0.750. The van der Waals surface area contributed by atoms with Gasteiger partial charge in [0.1, 0.15) is 0 Å². The van der Waals surface area contributed by atoms with Gasteiger partial charge < -0.3 is 0 Å². The second-order valence-corrected chi connectivity index (χ2v) is 1.25. The van der Waals surface area contributed by atoms with Gasteiger partial charge in [0.25, 0.3) is 6.43 Å². The lowest BCUT2D eigenvalue weighted by Gasteiger charge is -1.86. The Bertz CT molecular complexity index is 78.2. The Morgan fingerprint density at radius 2 is 2.00 bits per heavy atom. The molecule has 0 aromatic rings. The fourth-order valence-corrected chi connectivity index (χ4v) is 0.247. The summed E-state index contributed by atoms with van der Waals surface area (Å²) in [5.74, 6) is -1.44. The zero-order valence-electron chi connectivity index (χ0n) is 3.17. The summed E-state index contributed by atoms with van der Waals surface area (Å²) >= 11 is 2.40. The largest absolute Gasteiger partial charge is 0.289 e. The first-order valence-corrected chi connectivity index (χ1v) is 2.34. The van der Waals surface area contributed by atoms with E-state index in [0.29, 0.717) is 4.99 Å². The molecule has 0 atom stereocenters. The number of hydrogen-bond donors (Lipinski definition) is 0. The molecular formula is C3H2BrF3. The van der Waals surface area contributed by atoms with Crippen molar-refractivity contribution in [3.63, 3.8) is 0 Å². The maximum absolute atomic E-state index is 11.3. The van der Waals surface area contributed by atoms with E-state index in [1.165, 1.54) is 0 Å². The van der Waals surface area contributed by atoms with Crippen molar-refractivity contribution in [2.75, 3.05) is 0 Å². The van der Waals surface area contributed by atoms with Gasteiger partial charge in [-0.3, -0.25) is 0 Å². The fourth-order valence-electron chi connectivity index (χ4n) is 0.0476. The third-order valence-electron chi connectivity index (χ3n) is 0.313. The van der Waals surface area contributed by atoms with E-state index in [4.69, 9.17) is 0 Å². The number of allylic oxidation sites excluding steroid dienone is 1. The molecule has 0 aliphatic carbocycles. The minimum absolute atomic E-state index is 0.553. The average Bonchev–Trinajstić information content (AvgIpc) is 1.65. The summed E-state index contributed by atoms with van der Waals surface area (Å²) in [6.45, 7) is 0. The third kappa shape index (κ3) is 2.68. The molecule has 0 aromatic carbocycles. The monoisotopic (exact) mass is 174 g/mol. The second-order valence-electron chi connectivity index (χ2n) is 0.795. The zero-order chi connectivity index (χ0) is 5.86. The van der Waals surface area contributed by atoms with Crippen molar-refractivity contribution in [1.82, 2.24) is 0 Å². The van der Waals surface area contributed by atoms with Gasteiger partial charge in [0.15, 0.2) is 5.83 Å². The van der Waals surface area contributed by atoms with Crippen LogP contribution in [0.2, 0.25) is 0 Å². The Morgan fingerprint density at radius 1 is 1.57 bits per heavy atom. The van der Waals surface area contributed by atoms with E-state index in [2.05, 4.69) is 15.9 Å². The molecule has 0 spiro atoms. The predicted octanol–water partition coefficient (Wildman–Crippen LogP) is 2.46. The van der Waals surface area contributed by atoms with Gasteiger partial charge in [-0.15, -0.1) is 0 Å². The molecular weight excluding hydrogens is 173 g/mol. The van der Waals surface area contributed by atoms with Crippen LogP contribution in [0.1, 0.15) is 0 Å². The fraction of sp³-hybridized carbons (Fsp3) is 0.333. The lowest BCUT2D eigenvalue weighted by atomic mass is 10.6. The van der Waals surface area contributed by atoms with Crippen molar-refractivity contribution in [2.45, 2.75) is 6.43 Å². The molecule has 0 aliphatic heterocycles. The molecule has 0 saturated carbocycles. The minimum atomic E-state index is -2.99. The number of halogens is 4. The maximum Gasteiger partial charge on any atom is 0.289 e. The summed E-state index contributed by atoms with van der Waals surface area (Å²) in [4.78, 5) is 0.553. The van der Waals surface area contributed by atoms with Crippen LogP contribution >= 0.6 is 15.9 Å². The predicted molar refractivity (Wildman–Crippen MR) is 24.1 cm³/mol. The van der Waals surface area contributed by atoms with Crippen LogP contribution in [0.15, 0.2) is 10.8 Å². The van der Waals surface area contributed by atoms with Gasteiger partial charge in [-0.2, -0.15) is 0 Å². The Morgan fingerprint density at radius 3 is 2.00 bits per heavy atom. The topological polar surface area (TPSA) is 0 Å². The van der Waals surface area contributed by atoms with Gasteiger partial charge in [-0.25, -0.2) is 13.2 Å². The molecule has 0 rings (SSSR count). The van der Waals surface area contributed by atoms with E-state index in [0.717, 1.165) is 0 Å². The van der Waals surface area contributed by atoms with Gasteiger partial charge in [-0.05, 0) is 0 Å². The lowest BCUT2D eigenvalue weighted by Crippen LogP contribution is -1.86. The van der Waals surface area contributed by atoms with E-state index in [1.54, 1.807) is 0 Å². The Kier molecular flexibility index (Phi) is 3.07. The minimum Gasteiger partial charge on any atom is -0.205 e. The van der Waals surface area contributed by atoms with Gasteiger partial charge in [0.05, 0.1) is 0 Å². The normalized spacial score (nSPS) is 13.0. The summed E-state index contributed by atoms with van der Waals surface area (Å²) in [6.07, 6.45) is -2.99. The first kappa shape index (κ1) is 7.01. The maximum atomic E-state index is 11.3. The molecule has 0 N–H and O–H groups in total. The average molecular weight is 175 g/mol. The molecule has 0 heterocycles.